The molecule has 1 unspecified atom stereocenters. The molecule has 0 aliphatic carbocycles. The molecule has 46 valence electrons. The van der Waals surface area contributed by atoms with Gasteiger partial charge in [-0.3, -0.25) is 4.79 Å². The lowest BCUT2D eigenvalue weighted by molar-refractivity contribution is -0.126. The number of hydrogen-bond donors (Lipinski definition) is 0. The molecule has 0 aromatic rings. The van der Waals surface area contributed by atoms with Crippen molar-refractivity contribution in [1.29, 1.82) is 0 Å². The molecule has 0 aromatic heterocycles. The second kappa shape index (κ2) is 1.94. The predicted molar refractivity (Wildman–Crippen MR) is 31.9 cm³/mol. The normalized spacial score (nSPS) is 29.5. The Morgan fingerprint density at radius 1 is 1.88 bits per heavy atom. The molecular weight excluding hydrogens is 126 g/mol. The van der Waals surface area contributed by atoms with Gasteiger partial charge >= 0.3 is 0 Å². The summed E-state index contributed by atoms with van der Waals surface area (Å²) < 4.78 is 0. The zero-order valence-electron chi connectivity index (χ0n) is 4.72. The number of rotatable bonds is 0. The van der Waals surface area contributed by atoms with Gasteiger partial charge in [0, 0.05) is 20.0 Å². The first-order chi connectivity index (χ1) is 3.70. The lowest BCUT2D eigenvalue weighted by Crippen LogP contribution is -2.18. The molecule has 2 nitrogen and oxygen atoms in total. The van der Waals surface area contributed by atoms with Crippen molar-refractivity contribution in [3.05, 3.63) is 0 Å². The van der Waals surface area contributed by atoms with E-state index in [1.807, 2.05) is 0 Å². The quantitative estimate of drug-likeness (QED) is 0.440. The van der Waals surface area contributed by atoms with E-state index in [0.29, 0.717) is 13.0 Å². The molecule has 1 amide bonds. The summed E-state index contributed by atoms with van der Waals surface area (Å²) in [5.74, 6) is 0.157. The smallest absolute Gasteiger partial charge is 0.223 e. The van der Waals surface area contributed by atoms with Crippen LogP contribution in [-0.2, 0) is 4.79 Å². The van der Waals surface area contributed by atoms with E-state index in [1.165, 1.54) is 0 Å². The Morgan fingerprint density at radius 3 is 2.62 bits per heavy atom. The molecule has 1 aliphatic heterocycles. The van der Waals surface area contributed by atoms with Gasteiger partial charge in [-0.15, -0.1) is 11.6 Å². The van der Waals surface area contributed by atoms with E-state index in [1.54, 1.807) is 11.9 Å². The van der Waals surface area contributed by atoms with Gasteiger partial charge in [0.15, 0.2) is 0 Å². The summed E-state index contributed by atoms with van der Waals surface area (Å²) in [6, 6.07) is 0. The fraction of sp³-hybridized carbons (Fsp3) is 0.800. The molecule has 0 N–H and O–H groups in total. The van der Waals surface area contributed by atoms with Crippen LogP contribution in [-0.4, -0.2) is 29.8 Å². The van der Waals surface area contributed by atoms with E-state index >= 15 is 0 Å². The van der Waals surface area contributed by atoms with E-state index in [-0.39, 0.29) is 11.3 Å². The van der Waals surface area contributed by atoms with Gasteiger partial charge < -0.3 is 4.90 Å². The highest BCUT2D eigenvalue weighted by molar-refractivity contribution is 6.22. The Hall–Kier alpha value is -0.240. The molecule has 0 spiro atoms. The van der Waals surface area contributed by atoms with Crippen LogP contribution < -0.4 is 0 Å². The number of halogens is 1. The topological polar surface area (TPSA) is 20.3 Å². The van der Waals surface area contributed by atoms with Gasteiger partial charge in [0.05, 0.1) is 5.38 Å². The fourth-order valence-electron chi connectivity index (χ4n) is 0.809. The first-order valence-electron chi connectivity index (χ1n) is 2.58. The van der Waals surface area contributed by atoms with Crippen molar-refractivity contribution in [1.82, 2.24) is 4.90 Å². The number of amides is 1. The molecule has 0 saturated carbocycles. The van der Waals surface area contributed by atoms with E-state index in [0.717, 1.165) is 0 Å². The van der Waals surface area contributed by atoms with Gasteiger partial charge in [-0.05, 0) is 0 Å². The molecule has 8 heavy (non-hydrogen) atoms. The monoisotopic (exact) mass is 133 g/mol. The maximum absolute atomic E-state index is 10.6. The Labute approximate surface area is 53.4 Å². The second-order valence-electron chi connectivity index (χ2n) is 2.08. The lowest BCUT2D eigenvalue weighted by Gasteiger charge is -2.04. The van der Waals surface area contributed by atoms with Crippen molar-refractivity contribution >= 4 is 17.5 Å². The molecule has 1 fully saturated rings. The van der Waals surface area contributed by atoms with Gasteiger partial charge in [-0.1, -0.05) is 0 Å². The highest BCUT2D eigenvalue weighted by Gasteiger charge is 2.24. The van der Waals surface area contributed by atoms with Gasteiger partial charge in [0.2, 0.25) is 5.91 Å². The highest BCUT2D eigenvalue weighted by atomic mass is 35.5. The van der Waals surface area contributed by atoms with Crippen LogP contribution in [0.4, 0.5) is 0 Å². The summed E-state index contributed by atoms with van der Waals surface area (Å²) in [6.45, 7) is 0.709. The minimum Gasteiger partial charge on any atom is -0.344 e. The highest BCUT2D eigenvalue weighted by Crippen LogP contribution is 2.13. The van der Waals surface area contributed by atoms with Gasteiger partial charge in [-0.25, -0.2) is 0 Å². The van der Waals surface area contributed by atoms with Crippen LogP contribution in [0.25, 0.3) is 0 Å². The van der Waals surface area contributed by atoms with Crippen LogP contribution in [0.3, 0.4) is 0 Å². The van der Waals surface area contributed by atoms with Crippen molar-refractivity contribution in [3.8, 4) is 0 Å². The maximum Gasteiger partial charge on any atom is 0.223 e. The zero-order chi connectivity index (χ0) is 6.15. The molecule has 1 aliphatic rings. The number of carbonyl (C=O) groups excluding carboxylic acids is 1. The van der Waals surface area contributed by atoms with E-state index in [9.17, 15) is 4.79 Å². The molecule has 0 radical (unpaired) electrons. The Morgan fingerprint density at radius 2 is 2.50 bits per heavy atom. The van der Waals surface area contributed by atoms with Gasteiger partial charge in [0.25, 0.3) is 0 Å². The van der Waals surface area contributed by atoms with Crippen molar-refractivity contribution in [2.24, 2.45) is 0 Å². The van der Waals surface area contributed by atoms with E-state index in [2.05, 4.69) is 0 Å². The SMILES string of the molecule is CN1CC(Cl)CC1=O. The summed E-state index contributed by atoms with van der Waals surface area (Å²) in [5, 5.41) is 0.0486. The third-order valence-corrected chi connectivity index (χ3v) is 1.59. The Balaban J connectivity index is 2.51. The number of carbonyl (C=O) groups is 1. The molecule has 3 heteroatoms. The molecule has 1 saturated heterocycles. The standard InChI is InChI=1S/C5H8ClNO/c1-7-3-4(6)2-5(7)8/h4H,2-3H2,1H3. The molecule has 1 atom stereocenters. The summed E-state index contributed by atoms with van der Waals surface area (Å²) in [7, 11) is 1.77. The van der Waals surface area contributed by atoms with Crippen molar-refractivity contribution in [2.75, 3.05) is 13.6 Å². The van der Waals surface area contributed by atoms with Crippen LogP contribution >= 0.6 is 11.6 Å². The summed E-state index contributed by atoms with van der Waals surface area (Å²) in [6.07, 6.45) is 0.512. The maximum atomic E-state index is 10.6. The van der Waals surface area contributed by atoms with Crippen LogP contribution in [0.15, 0.2) is 0 Å². The number of hydrogen-bond acceptors (Lipinski definition) is 1. The average Bonchev–Trinajstić information content (AvgIpc) is 1.85. The first-order valence-corrected chi connectivity index (χ1v) is 3.02. The van der Waals surface area contributed by atoms with Crippen molar-refractivity contribution in [3.63, 3.8) is 0 Å². The number of alkyl halides is 1. The lowest BCUT2D eigenvalue weighted by atomic mass is 10.4. The molecule has 1 rings (SSSR count). The largest absolute Gasteiger partial charge is 0.344 e. The second-order valence-corrected chi connectivity index (χ2v) is 2.69. The Bertz CT molecular complexity index is 115. The number of likely N-dealkylation sites (tertiary alicyclic amines) is 1. The molecule has 1 heterocycles. The predicted octanol–water partition coefficient (Wildman–Crippen LogP) is 0.456. The summed E-state index contributed by atoms with van der Waals surface area (Å²) in [5.41, 5.74) is 0. The molecule has 0 aromatic carbocycles. The molecular formula is C5H8ClNO. The minimum absolute atomic E-state index is 0.0486. The minimum atomic E-state index is 0.0486. The fourth-order valence-corrected chi connectivity index (χ4v) is 1.15. The van der Waals surface area contributed by atoms with Crippen molar-refractivity contribution < 1.29 is 4.79 Å². The number of nitrogens with zero attached hydrogens (tertiary/aromatic N) is 1. The average molecular weight is 134 g/mol. The third kappa shape index (κ3) is 0.944. The first kappa shape index (κ1) is 5.89. The van der Waals surface area contributed by atoms with Crippen LogP contribution in [0.1, 0.15) is 6.42 Å². The van der Waals surface area contributed by atoms with Crippen LogP contribution in [0, 0.1) is 0 Å². The van der Waals surface area contributed by atoms with Gasteiger partial charge in [-0.2, -0.15) is 0 Å². The molecule has 0 bridgehead atoms. The van der Waals surface area contributed by atoms with Crippen LogP contribution in [0.2, 0.25) is 0 Å². The van der Waals surface area contributed by atoms with E-state index < -0.39 is 0 Å². The van der Waals surface area contributed by atoms with Crippen molar-refractivity contribution in [2.45, 2.75) is 11.8 Å². The third-order valence-electron chi connectivity index (χ3n) is 1.29. The Kier molecular flexibility index (Phi) is 1.43. The summed E-state index contributed by atoms with van der Waals surface area (Å²) in [4.78, 5) is 12.3. The van der Waals surface area contributed by atoms with E-state index in [4.69, 9.17) is 11.6 Å². The van der Waals surface area contributed by atoms with Gasteiger partial charge in [0.1, 0.15) is 0 Å². The zero-order valence-corrected chi connectivity index (χ0v) is 5.48. The van der Waals surface area contributed by atoms with Crippen LogP contribution in [0.5, 0.6) is 0 Å². The summed E-state index contributed by atoms with van der Waals surface area (Å²) >= 11 is 5.64.